The van der Waals surface area contributed by atoms with E-state index in [1.54, 1.807) is 11.1 Å². The van der Waals surface area contributed by atoms with Gasteiger partial charge in [0.2, 0.25) is 0 Å². The lowest BCUT2D eigenvalue weighted by Crippen LogP contribution is -2.38. The molecule has 0 saturated heterocycles. The van der Waals surface area contributed by atoms with E-state index in [0.717, 1.165) is 26.9 Å². The van der Waals surface area contributed by atoms with Gasteiger partial charge >= 0.3 is 0 Å². The third kappa shape index (κ3) is 2.01. The van der Waals surface area contributed by atoms with Gasteiger partial charge in [-0.05, 0) is 52.8 Å². The third-order valence-electron chi connectivity index (χ3n) is 3.09. The van der Waals surface area contributed by atoms with Crippen LogP contribution < -0.4 is 4.90 Å². The predicted molar refractivity (Wildman–Crippen MR) is 78.8 cm³/mol. The largest absolute Gasteiger partial charge is 0.292 e. The van der Waals surface area contributed by atoms with Crippen molar-refractivity contribution in [2.75, 3.05) is 11.4 Å². The maximum atomic E-state index is 12.4. The molecule has 0 saturated carbocycles. The second-order valence-electron chi connectivity index (χ2n) is 4.20. The molecule has 1 aliphatic heterocycles. The van der Waals surface area contributed by atoms with E-state index in [2.05, 4.69) is 27.6 Å². The first kappa shape index (κ1) is 11.6. The van der Waals surface area contributed by atoms with E-state index in [0.29, 0.717) is 6.54 Å². The molecule has 1 aromatic heterocycles. The highest BCUT2D eigenvalue weighted by Crippen LogP contribution is 2.23. The van der Waals surface area contributed by atoms with Gasteiger partial charge in [0.1, 0.15) is 5.82 Å². The van der Waals surface area contributed by atoms with Crippen molar-refractivity contribution >= 4 is 34.3 Å². The second kappa shape index (κ2) is 4.68. The number of carbonyl (C=O) groups excluding carboxylic acids is 1. The highest BCUT2D eigenvalue weighted by atomic mass is 127. The quantitative estimate of drug-likeness (QED) is 0.741. The molecule has 2 heterocycles. The van der Waals surface area contributed by atoms with Gasteiger partial charge < -0.3 is 0 Å². The Kier molecular flexibility index (Phi) is 3.03. The van der Waals surface area contributed by atoms with Crippen molar-refractivity contribution in [3.05, 3.63) is 57.3 Å². The Morgan fingerprint density at radius 2 is 2.00 bits per heavy atom. The minimum absolute atomic E-state index is 0.0468. The number of fused-ring (bicyclic) bond motifs is 1. The van der Waals surface area contributed by atoms with Gasteiger partial charge in [0.25, 0.3) is 5.91 Å². The number of hydrogen-bond acceptors (Lipinski definition) is 2. The van der Waals surface area contributed by atoms with E-state index in [1.807, 2.05) is 36.4 Å². The molecule has 1 amide bonds. The van der Waals surface area contributed by atoms with Crippen molar-refractivity contribution in [1.82, 2.24) is 4.98 Å². The Bertz CT molecular complexity index is 595. The Hall–Kier alpha value is -1.43. The maximum absolute atomic E-state index is 12.4. The van der Waals surface area contributed by atoms with Crippen LogP contribution in [0.1, 0.15) is 15.9 Å². The number of rotatable bonds is 1. The number of hydrogen-bond donors (Lipinski definition) is 0. The summed E-state index contributed by atoms with van der Waals surface area (Å²) in [6, 6.07) is 11.7. The number of aromatic nitrogens is 1. The van der Waals surface area contributed by atoms with E-state index < -0.39 is 0 Å². The Labute approximate surface area is 119 Å². The molecule has 18 heavy (non-hydrogen) atoms. The first-order valence-corrected chi connectivity index (χ1v) is 6.85. The molecular weight excluding hydrogens is 339 g/mol. The van der Waals surface area contributed by atoms with Gasteiger partial charge in [0, 0.05) is 21.9 Å². The van der Waals surface area contributed by atoms with Crippen LogP contribution in [0.5, 0.6) is 0 Å². The number of carbonyl (C=O) groups is 1. The number of amides is 1. The number of nitrogens with zero attached hydrogens (tertiary/aromatic N) is 2. The van der Waals surface area contributed by atoms with E-state index in [9.17, 15) is 4.79 Å². The van der Waals surface area contributed by atoms with E-state index in [1.165, 1.54) is 0 Å². The standard InChI is InChI=1S/C14H11IN2O/c15-11-5-6-13(16-9-11)17-8-7-10-3-1-2-4-12(10)14(17)18/h1-6,9H,7-8H2. The molecule has 0 spiro atoms. The zero-order chi connectivity index (χ0) is 12.5. The molecule has 0 radical (unpaired) electrons. The van der Waals surface area contributed by atoms with Crippen molar-refractivity contribution in [3.8, 4) is 0 Å². The van der Waals surface area contributed by atoms with Gasteiger partial charge in [-0.25, -0.2) is 4.98 Å². The smallest absolute Gasteiger partial charge is 0.259 e. The zero-order valence-corrected chi connectivity index (χ0v) is 11.8. The fourth-order valence-electron chi connectivity index (χ4n) is 2.17. The molecule has 1 aromatic carbocycles. The van der Waals surface area contributed by atoms with Gasteiger partial charge in [-0.15, -0.1) is 0 Å². The van der Waals surface area contributed by atoms with Crippen molar-refractivity contribution in [2.45, 2.75) is 6.42 Å². The van der Waals surface area contributed by atoms with Crippen LogP contribution in [0.4, 0.5) is 5.82 Å². The van der Waals surface area contributed by atoms with Crippen LogP contribution in [0.2, 0.25) is 0 Å². The van der Waals surface area contributed by atoms with Crippen LogP contribution >= 0.6 is 22.6 Å². The highest BCUT2D eigenvalue weighted by molar-refractivity contribution is 14.1. The van der Waals surface area contributed by atoms with Crippen LogP contribution in [0, 0.1) is 3.57 Å². The molecule has 90 valence electrons. The molecule has 3 nitrogen and oxygen atoms in total. The van der Waals surface area contributed by atoms with E-state index >= 15 is 0 Å². The van der Waals surface area contributed by atoms with Gasteiger partial charge in [0.05, 0.1) is 0 Å². The lowest BCUT2D eigenvalue weighted by molar-refractivity contribution is 0.0980. The number of halogens is 1. The fraction of sp³-hybridized carbons (Fsp3) is 0.143. The van der Waals surface area contributed by atoms with Gasteiger partial charge in [-0.2, -0.15) is 0 Å². The molecule has 3 rings (SSSR count). The summed E-state index contributed by atoms with van der Waals surface area (Å²) >= 11 is 2.21. The highest BCUT2D eigenvalue weighted by Gasteiger charge is 2.25. The van der Waals surface area contributed by atoms with Crippen LogP contribution in [-0.4, -0.2) is 17.4 Å². The van der Waals surface area contributed by atoms with Crippen molar-refractivity contribution in [1.29, 1.82) is 0 Å². The zero-order valence-electron chi connectivity index (χ0n) is 9.64. The van der Waals surface area contributed by atoms with Crippen LogP contribution in [0.25, 0.3) is 0 Å². The molecular formula is C14H11IN2O. The first-order valence-electron chi connectivity index (χ1n) is 5.77. The molecule has 0 fully saturated rings. The summed E-state index contributed by atoms with van der Waals surface area (Å²) in [5.74, 6) is 0.778. The average molecular weight is 350 g/mol. The summed E-state index contributed by atoms with van der Waals surface area (Å²) in [7, 11) is 0. The van der Waals surface area contributed by atoms with E-state index in [-0.39, 0.29) is 5.91 Å². The lowest BCUT2D eigenvalue weighted by Gasteiger charge is -2.27. The van der Waals surface area contributed by atoms with Gasteiger partial charge in [-0.3, -0.25) is 9.69 Å². The van der Waals surface area contributed by atoms with E-state index in [4.69, 9.17) is 0 Å². The molecule has 0 atom stereocenters. The number of benzene rings is 1. The second-order valence-corrected chi connectivity index (χ2v) is 5.44. The number of anilines is 1. The number of pyridine rings is 1. The molecule has 0 N–H and O–H groups in total. The summed E-state index contributed by atoms with van der Waals surface area (Å²) in [6.45, 7) is 0.698. The van der Waals surface area contributed by atoms with Gasteiger partial charge in [0.15, 0.2) is 0 Å². The lowest BCUT2D eigenvalue weighted by atomic mass is 9.99. The molecule has 0 unspecified atom stereocenters. The summed E-state index contributed by atoms with van der Waals surface area (Å²) in [5, 5.41) is 0. The van der Waals surface area contributed by atoms with Crippen molar-refractivity contribution in [2.24, 2.45) is 0 Å². The summed E-state index contributed by atoms with van der Waals surface area (Å²) in [6.07, 6.45) is 2.67. The van der Waals surface area contributed by atoms with Crippen LogP contribution in [-0.2, 0) is 6.42 Å². The SMILES string of the molecule is O=C1c2ccccc2CCN1c1ccc(I)cn1. The average Bonchev–Trinajstić information content (AvgIpc) is 2.41. The molecule has 1 aliphatic rings. The topological polar surface area (TPSA) is 33.2 Å². The summed E-state index contributed by atoms with van der Waals surface area (Å²) in [4.78, 5) is 18.5. The Balaban J connectivity index is 1.97. The van der Waals surface area contributed by atoms with Crippen LogP contribution in [0.3, 0.4) is 0 Å². The fourth-order valence-corrected chi connectivity index (χ4v) is 2.49. The van der Waals surface area contributed by atoms with Crippen molar-refractivity contribution < 1.29 is 4.79 Å². The first-order chi connectivity index (χ1) is 8.75. The van der Waals surface area contributed by atoms with Crippen molar-refractivity contribution in [3.63, 3.8) is 0 Å². The van der Waals surface area contributed by atoms with Gasteiger partial charge in [-0.1, -0.05) is 18.2 Å². The van der Waals surface area contributed by atoms with Crippen LogP contribution in [0.15, 0.2) is 42.6 Å². The third-order valence-corrected chi connectivity index (χ3v) is 3.72. The molecule has 0 bridgehead atoms. The predicted octanol–water partition coefficient (Wildman–Crippen LogP) is 2.89. The summed E-state index contributed by atoms with van der Waals surface area (Å²) < 4.78 is 1.07. The minimum Gasteiger partial charge on any atom is -0.292 e. The maximum Gasteiger partial charge on any atom is 0.259 e. The molecule has 0 aliphatic carbocycles. The Morgan fingerprint density at radius 1 is 1.17 bits per heavy atom. The Morgan fingerprint density at radius 3 is 2.78 bits per heavy atom. The normalized spacial score (nSPS) is 14.5. The minimum atomic E-state index is 0.0468. The molecule has 4 heteroatoms. The summed E-state index contributed by atoms with van der Waals surface area (Å²) in [5.41, 5.74) is 1.92. The monoisotopic (exact) mass is 350 g/mol. The molecule has 2 aromatic rings.